The van der Waals surface area contributed by atoms with E-state index >= 15 is 0 Å². The summed E-state index contributed by atoms with van der Waals surface area (Å²) in [7, 11) is 0. The van der Waals surface area contributed by atoms with Crippen molar-refractivity contribution in [3.05, 3.63) is 115 Å². The molecule has 0 saturated heterocycles. The van der Waals surface area contributed by atoms with Gasteiger partial charge in [0.2, 0.25) is 0 Å². The maximum absolute atomic E-state index is 3.71. The van der Waals surface area contributed by atoms with Gasteiger partial charge < -0.3 is 5.32 Å². The summed E-state index contributed by atoms with van der Waals surface area (Å²) in [5.74, 6) is 0. The molecule has 0 radical (unpaired) electrons. The van der Waals surface area contributed by atoms with Gasteiger partial charge in [0, 0.05) is 22.3 Å². The van der Waals surface area contributed by atoms with E-state index in [4.69, 9.17) is 0 Å². The SMILES string of the molecule is C1=CCCC(c2ccc(Nc3cccc4ccccc34)c(-c3ccccc3)c2)=C1. The van der Waals surface area contributed by atoms with Crippen molar-refractivity contribution in [2.75, 3.05) is 5.32 Å². The van der Waals surface area contributed by atoms with E-state index in [0.29, 0.717) is 0 Å². The van der Waals surface area contributed by atoms with E-state index in [1.54, 1.807) is 0 Å². The second-order valence-corrected chi connectivity index (χ2v) is 7.44. The molecule has 0 aromatic heterocycles. The van der Waals surface area contributed by atoms with E-state index in [0.717, 1.165) is 24.2 Å². The molecule has 4 aromatic rings. The third-order valence-corrected chi connectivity index (χ3v) is 5.55. The fourth-order valence-electron chi connectivity index (χ4n) is 4.03. The molecule has 0 aliphatic heterocycles. The van der Waals surface area contributed by atoms with Crippen LogP contribution < -0.4 is 5.32 Å². The minimum atomic E-state index is 1.10. The zero-order valence-electron chi connectivity index (χ0n) is 16.3. The monoisotopic (exact) mass is 373 g/mol. The summed E-state index contributed by atoms with van der Waals surface area (Å²) in [6, 6.07) is 32.4. The van der Waals surface area contributed by atoms with Crippen LogP contribution in [0.2, 0.25) is 0 Å². The fourth-order valence-corrected chi connectivity index (χ4v) is 4.03. The summed E-state index contributed by atoms with van der Waals surface area (Å²) in [6.45, 7) is 0. The predicted octanol–water partition coefficient (Wildman–Crippen LogP) is 7.98. The molecule has 0 amide bonds. The number of rotatable bonds is 4. The van der Waals surface area contributed by atoms with Crippen molar-refractivity contribution >= 4 is 27.7 Å². The van der Waals surface area contributed by atoms with Crippen molar-refractivity contribution < 1.29 is 0 Å². The smallest absolute Gasteiger partial charge is 0.0464 e. The Balaban J connectivity index is 1.62. The Kier molecular flexibility index (Phi) is 4.72. The van der Waals surface area contributed by atoms with Crippen LogP contribution in [-0.4, -0.2) is 0 Å². The lowest BCUT2D eigenvalue weighted by Gasteiger charge is -2.17. The van der Waals surface area contributed by atoms with Crippen molar-refractivity contribution in [2.45, 2.75) is 12.8 Å². The molecule has 0 unspecified atom stereocenters. The van der Waals surface area contributed by atoms with Gasteiger partial charge in [-0.05, 0) is 53.1 Å². The van der Waals surface area contributed by atoms with Crippen LogP contribution in [0, 0.1) is 0 Å². The van der Waals surface area contributed by atoms with Crippen LogP contribution in [0.25, 0.3) is 27.5 Å². The van der Waals surface area contributed by atoms with E-state index in [9.17, 15) is 0 Å². The highest BCUT2D eigenvalue weighted by Gasteiger charge is 2.11. The minimum Gasteiger partial charge on any atom is -0.355 e. The molecule has 1 aliphatic carbocycles. The van der Waals surface area contributed by atoms with Crippen LogP contribution >= 0.6 is 0 Å². The highest BCUT2D eigenvalue weighted by molar-refractivity contribution is 5.97. The molecule has 0 saturated carbocycles. The van der Waals surface area contributed by atoms with Crippen molar-refractivity contribution in [3.8, 4) is 11.1 Å². The third-order valence-electron chi connectivity index (χ3n) is 5.55. The second-order valence-electron chi connectivity index (χ2n) is 7.44. The minimum absolute atomic E-state index is 1.10. The number of anilines is 2. The Bertz CT molecular complexity index is 1210. The molecule has 1 nitrogen and oxygen atoms in total. The summed E-state index contributed by atoms with van der Waals surface area (Å²) < 4.78 is 0. The molecule has 140 valence electrons. The van der Waals surface area contributed by atoms with E-state index < -0.39 is 0 Å². The molecule has 1 heteroatoms. The molecule has 29 heavy (non-hydrogen) atoms. The van der Waals surface area contributed by atoms with Gasteiger partial charge >= 0.3 is 0 Å². The zero-order valence-corrected chi connectivity index (χ0v) is 16.3. The maximum atomic E-state index is 3.71. The first-order valence-corrected chi connectivity index (χ1v) is 10.2. The Morgan fingerprint density at radius 2 is 1.48 bits per heavy atom. The lowest BCUT2D eigenvalue weighted by Crippen LogP contribution is -1.96. The quantitative estimate of drug-likeness (QED) is 0.382. The van der Waals surface area contributed by atoms with Gasteiger partial charge in [0.05, 0.1) is 0 Å². The summed E-state index contributed by atoms with van der Waals surface area (Å²) in [5, 5.41) is 6.19. The van der Waals surface area contributed by atoms with Crippen LogP contribution in [0.15, 0.2) is 109 Å². The molecule has 0 atom stereocenters. The van der Waals surface area contributed by atoms with Gasteiger partial charge in [0.1, 0.15) is 0 Å². The highest BCUT2D eigenvalue weighted by Crippen LogP contribution is 2.36. The topological polar surface area (TPSA) is 12.0 Å². The van der Waals surface area contributed by atoms with E-state index in [-0.39, 0.29) is 0 Å². The Morgan fingerprint density at radius 3 is 2.34 bits per heavy atom. The first kappa shape index (κ1) is 17.5. The summed E-state index contributed by atoms with van der Waals surface area (Å²) in [4.78, 5) is 0. The van der Waals surface area contributed by atoms with Gasteiger partial charge in [-0.25, -0.2) is 0 Å². The van der Waals surface area contributed by atoms with Crippen LogP contribution in [-0.2, 0) is 0 Å². The average Bonchev–Trinajstić information content (AvgIpc) is 2.81. The van der Waals surface area contributed by atoms with Crippen LogP contribution in [0.4, 0.5) is 11.4 Å². The Morgan fingerprint density at radius 1 is 0.655 bits per heavy atom. The number of benzene rings is 4. The lowest BCUT2D eigenvalue weighted by molar-refractivity contribution is 1.05. The molecule has 1 N–H and O–H groups in total. The average molecular weight is 373 g/mol. The summed E-state index contributed by atoms with van der Waals surface area (Å²) in [6.07, 6.45) is 8.86. The van der Waals surface area contributed by atoms with E-state index in [1.807, 2.05) is 0 Å². The van der Waals surface area contributed by atoms with Gasteiger partial charge in [0.15, 0.2) is 0 Å². The molecule has 4 aromatic carbocycles. The fraction of sp³-hybridized carbons (Fsp3) is 0.0714. The largest absolute Gasteiger partial charge is 0.355 e. The maximum Gasteiger partial charge on any atom is 0.0464 e. The third kappa shape index (κ3) is 3.60. The van der Waals surface area contributed by atoms with Gasteiger partial charge in [-0.2, -0.15) is 0 Å². The first-order valence-electron chi connectivity index (χ1n) is 10.2. The summed E-state index contributed by atoms with van der Waals surface area (Å²) in [5.41, 5.74) is 7.42. The van der Waals surface area contributed by atoms with Crippen LogP contribution in [0.1, 0.15) is 18.4 Å². The number of hydrogen-bond donors (Lipinski definition) is 1. The molecule has 0 bridgehead atoms. The normalized spacial score (nSPS) is 13.3. The summed E-state index contributed by atoms with van der Waals surface area (Å²) >= 11 is 0. The van der Waals surface area contributed by atoms with Crippen LogP contribution in [0.3, 0.4) is 0 Å². The van der Waals surface area contributed by atoms with Gasteiger partial charge in [0.25, 0.3) is 0 Å². The van der Waals surface area contributed by atoms with E-state index in [2.05, 4.69) is 115 Å². The lowest BCUT2D eigenvalue weighted by atomic mass is 9.93. The van der Waals surface area contributed by atoms with Crippen molar-refractivity contribution in [2.24, 2.45) is 0 Å². The van der Waals surface area contributed by atoms with Gasteiger partial charge in [-0.15, -0.1) is 0 Å². The molecule has 5 rings (SSSR count). The number of fused-ring (bicyclic) bond motifs is 1. The van der Waals surface area contributed by atoms with Gasteiger partial charge in [-0.3, -0.25) is 0 Å². The van der Waals surface area contributed by atoms with Crippen LogP contribution in [0.5, 0.6) is 0 Å². The first-order chi connectivity index (χ1) is 14.4. The van der Waals surface area contributed by atoms with Crippen molar-refractivity contribution in [1.29, 1.82) is 0 Å². The molecule has 0 fully saturated rings. The molecule has 1 aliphatic rings. The Hall–Kier alpha value is -3.58. The zero-order chi connectivity index (χ0) is 19.5. The number of nitrogens with one attached hydrogen (secondary N) is 1. The van der Waals surface area contributed by atoms with Gasteiger partial charge in [-0.1, -0.05) is 91.0 Å². The second kappa shape index (κ2) is 7.81. The number of allylic oxidation sites excluding steroid dienone is 4. The van der Waals surface area contributed by atoms with E-state index in [1.165, 1.54) is 33.0 Å². The number of hydrogen-bond acceptors (Lipinski definition) is 1. The highest BCUT2D eigenvalue weighted by atomic mass is 14.9. The standard InChI is InChI=1S/C28H23N/c1-3-10-21(11-4-1)24-18-19-28(26(20-24)23-12-5-2-6-13-23)29-27-17-9-15-22-14-7-8-16-25(22)27/h1-3,5-10,12-20,29H,4,11H2. The van der Waals surface area contributed by atoms with Crippen molar-refractivity contribution in [3.63, 3.8) is 0 Å². The molecule has 0 spiro atoms. The predicted molar refractivity (Wildman–Crippen MR) is 125 cm³/mol. The molecule has 0 heterocycles. The molecular weight excluding hydrogens is 350 g/mol. The van der Waals surface area contributed by atoms with Crippen molar-refractivity contribution in [1.82, 2.24) is 0 Å². The Labute approximate surface area is 172 Å². The molecular formula is C28H23N.